The predicted molar refractivity (Wildman–Crippen MR) is 108 cm³/mol. The predicted octanol–water partition coefficient (Wildman–Crippen LogP) is 4.43. The van der Waals surface area contributed by atoms with Gasteiger partial charge < -0.3 is 14.8 Å². The van der Waals surface area contributed by atoms with E-state index in [1.165, 1.54) is 0 Å². The van der Waals surface area contributed by atoms with E-state index in [1.807, 2.05) is 26.0 Å². The highest BCUT2D eigenvalue weighted by Gasteiger charge is 2.08. The summed E-state index contributed by atoms with van der Waals surface area (Å²) in [5, 5.41) is 13.3. The lowest BCUT2D eigenvalue weighted by molar-refractivity contribution is 0.0976. The van der Waals surface area contributed by atoms with Gasteiger partial charge >= 0.3 is 0 Å². The monoisotopic (exact) mass is 369 g/mol. The minimum atomic E-state index is -0.354. The number of rotatable bonds is 8. The molecule has 0 aliphatic carbocycles. The topological polar surface area (TPSA) is 83.4 Å². The summed E-state index contributed by atoms with van der Waals surface area (Å²) in [6.45, 7) is 6.69. The summed E-state index contributed by atoms with van der Waals surface area (Å²) >= 11 is 0. The largest absolute Gasteiger partial charge is 0.494 e. The van der Waals surface area contributed by atoms with Crippen molar-refractivity contribution in [2.45, 2.75) is 39.7 Å². The molecule has 0 aromatic heterocycles. The van der Waals surface area contributed by atoms with Crippen molar-refractivity contribution in [1.29, 1.82) is 5.41 Å². The van der Waals surface area contributed by atoms with Crippen LogP contribution in [-0.2, 0) is 0 Å². The molecule has 0 atom stereocenters. The van der Waals surface area contributed by atoms with E-state index in [0.29, 0.717) is 17.9 Å². The maximum Gasteiger partial charge on any atom is 0.257 e. The number of nitrogens with one attached hydrogen (secondary N) is 3. The lowest BCUT2D eigenvalue weighted by Crippen LogP contribution is -2.35. The minimum absolute atomic E-state index is 0.0965. The minimum Gasteiger partial charge on any atom is -0.494 e. The third kappa shape index (κ3) is 7.01. The second-order valence-corrected chi connectivity index (χ2v) is 6.37. The zero-order valence-electron chi connectivity index (χ0n) is 16.0. The average molecular weight is 369 g/mol. The van der Waals surface area contributed by atoms with Gasteiger partial charge in [0.15, 0.2) is 5.96 Å². The van der Waals surface area contributed by atoms with Crippen molar-refractivity contribution in [3.63, 3.8) is 0 Å². The van der Waals surface area contributed by atoms with Gasteiger partial charge in [0, 0.05) is 11.3 Å². The van der Waals surface area contributed by atoms with Crippen molar-refractivity contribution >= 4 is 17.6 Å². The molecule has 6 nitrogen and oxygen atoms in total. The summed E-state index contributed by atoms with van der Waals surface area (Å²) in [6.07, 6.45) is 2.17. The fourth-order valence-corrected chi connectivity index (χ4v) is 2.29. The number of anilines is 1. The summed E-state index contributed by atoms with van der Waals surface area (Å²) in [7, 11) is 0. The number of unbranched alkanes of at least 4 members (excludes halogenated alkanes) is 1. The van der Waals surface area contributed by atoms with Crippen LogP contribution < -0.4 is 20.1 Å². The van der Waals surface area contributed by atoms with Gasteiger partial charge in [-0.3, -0.25) is 15.5 Å². The lowest BCUT2D eigenvalue weighted by atomic mass is 10.2. The molecule has 0 radical (unpaired) electrons. The van der Waals surface area contributed by atoms with Crippen LogP contribution in [0.5, 0.6) is 11.5 Å². The third-order valence-electron chi connectivity index (χ3n) is 3.62. The second-order valence-electron chi connectivity index (χ2n) is 6.37. The van der Waals surface area contributed by atoms with Gasteiger partial charge in [0.25, 0.3) is 5.91 Å². The van der Waals surface area contributed by atoms with Crippen LogP contribution in [0.2, 0.25) is 0 Å². The second kappa shape index (κ2) is 10.2. The fourth-order valence-electron chi connectivity index (χ4n) is 2.29. The molecular weight excluding hydrogens is 342 g/mol. The molecule has 6 heteroatoms. The number of carbonyl (C=O) groups is 1. The normalized spacial score (nSPS) is 10.4. The first-order valence-corrected chi connectivity index (χ1v) is 9.14. The van der Waals surface area contributed by atoms with Crippen LogP contribution in [0.25, 0.3) is 0 Å². The molecule has 0 aliphatic heterocycles. The van der Waals surface area contributed by atoms with E-state index in [9.17, 15) is 4.79 Å². The zero-order valence-corrected chi connectivity index (χ0v) is 16.0. The van der Waals surface area contributed by atoms with Gasteiger partial charge in [0.05, 0.1) is 12.7 Å². The Morgan fingerprint density at radius 1 is 1.04 bits per heavy atom. The van der Waals surface area contributed by atoms with Crippen LogP contribution in [0.1, 0.15) is 44.0 Å². The summed E-state index contributed by atoms with van der Waals surface area (Å²) in [5.41, 5.74) is 1.15. The van der Waals surface area contributed by atoms with Crippen LogP contribution in [0.4, 0.5) is 5.69 Å². The highest BCUT2D eigenvalue weighted by molar-refractivity contribution is 6.08. The number of benzene rings is 2. The number of amides is 1. The Hall–Kier alpha value is -3.02. The SMILES string of the molecule is CCCCOc1ccc(C(=O)NC(=N)Nc2ccc(OC(C)C)cc2)cc1. The van der Waals surface area contributed by atoms with E-state index in [2.05, 4.69) is 17.6 Å². The van der Waals surface area contributed by atoms with E-state index in [-0.39, 0.29) is 18.0 Å². The Balaban J connectivity index is 1.85. The average Bonchev–Trinajstić information content (AvgIpc) is 2.63. The molecule has 27 heavy (non-hydrogen) atoms. The number of guanidine groups is 1. The van der Waals surface area contributed by atoms with Gasteiger partial charge in [-0.25, -0.2) is 0 Å². The Kier molecular flexibility index (Phi) is 7.67. The van der Waals surface area contributed by atoms with Crippen molar-refractivity contribution in [2.75, 3.05) is 11.9 Å². The fraction of sp³-hybridized carbons (Fsp3) is 0.333. The van der Waals surface area contributed by atoms with E-state index < -0.39 is 0 Å². The van der Waals surface area contributed by atoms with Gasteiger partial charge in [0.2, 0.25) is 0 Å². The molecule has 0 saturated carbocycles. The van der Waals surface area contributed by atoms with Crippen LogP contribution in [0.15, 0.2) is 48.5 Å². The molecule has 0 spiro atoms. The molecule has 0 fully saturated rings. The third-order valence-corrected chi connectivity index (χ3v) is 3.62. The van der Waals surface area contributed by atoms with Crippen LogP contribution in [0, 0.1) is 5.41 Å². The Bertz CT molecular complexity index is 740. The summed E-state index contributed by atoms with van der Waals surface area (Å²) < 4.78 is 11.2. The molecule has 0 heterocycles. The van der Waals surface area contributed by atoms with E-state index >= 15 is 0 Å². The number of hydrogen-bond donors (Lipinski definition) is 3. The van der Waals surface area contributed by atoms with Crippen molar-refractivity contribution in [2.24, 2.45) is 0 Å². The number of ether oxygens (including phenoxy) is 2. The van der Waals surface area contributed by atoms with Gasteiger partial charge in [-0.1, -0.05) is 13.3 Å². The molecule has 0 saturated heterocycles. The van der Waals surface area contributed by atoms with Gasteiger partial charge in [-0.05, 0) is 68.8 Å². The van der Waals surface area contributed by atoms with E-state index in [1.54, 1.807) is 36.4 Å². The molecular formula is C21H27N3O3. The van der Waals surface area contributed by atoms with Crippen LogP contribution >= 0.6 is 0 Å². The number of hydrogen-bond acceptors (Lipinski definition) is 4. The Morgan fingerprint density at radius 2 is 1.67 bits per heavy atom. The highest BCUT2D eigenvalue weighted by atomic mass is 16.5. The molecule has 2 aromatic carbocycles. The van der Waals surface area contributed by atoms with E-state index in [0.717, 1.165) is 24.3 Å². The quantitative estimate of drug-likeness (QED) is 0.365. The Labute approximate surface area is 160 Å². The first-order chi connectivity index (χ1) is 13.0. The first kappa shape index (κ1) is 20.3. The summed E-state index contributed by atoms with van der Waals surface area (Å²) in [6, 6.07) is 14.1. The standard InChI is InChI=1S/C21H27N3O3/c1-4-5-14-26-18-10-6-16(7-11-18)20(25)24-21(22)23-17-8-12-19(13-9-17)27-15(2)3/h6-13,15H,4-5,14H2,1-3H3,(H3,22,23,24,25). The van der Waals surface area contributed by atoms with Crippen LogP contribution in [-0.4, -0.2) is 24.6 Å². The summed E-state index contributed by atoms with van der Waals surface area (Å²) in [4.78, 5) is 12.2. The first-order valence-electron chi connectivity index (χ1n) is 9.14. The molecule has 1 amide bonds. The van der Waals surface area contributed by atoms with Gasteiger partial charge in [0.1, 0.15) is 11.5 Å². The van der Waals surface area contributed by atoms with Gasteiger partial charge in [-0.15, -0.1) is 0 Å². The lowest BCUT2D eigenvalue weighted by Gasteiger charge is -2.12. The maximum absolute atomic E-state index is 12.2. The van der Waals surface area contributed by atoms with Crippen molar-refractivity contribution in [3.05, 3.63) is 54.1 Å². The number of carbonyl (C=O) groups excluding carboxylic acids is 1. The van der Waals surface area contributed by atoms with E-state index in [4.69, 9.17) is 14.9 Å². The zero-order chi connectivity index (χ0) is 19.6. The molecule has 144 valence electrons. The van der Waals surface area contributed by atoms with Crippen LogP contribution in [0.3, 0.4) is 0 Å². The molecule has 0 bridgehead atoms. The molecule has 3 N–H and O–H groups in total. The molecule has 0 aliphatic rings. The molecule has 2 aromatic rings. The highest BCUT2D eigenvalue weighted by Crippen LogP contribution is 2.17. The van der Waals surface area contributed by atoms with Crippen molar-refractivity contribution in [3.8, 4) is 11.5 Å². The smallest absolute Gasteiger partial charge is 0.257 e. The molecule has 0 unspecified atom stereocenters. The molecule has 2 rings (SSSR count). The van der Waals surface area contributed by atoms with Crippen molar-refractivity contribution in [1.82, 2.24) is 5.32 Å². The Morgan fingerprint density at radius 3 is 2.26 bits per heavy atom. The maximum atomic E-state index is 12.2. The summed E-state index contributed by atoms with van der Waals surface area (Å²) in [5.74, 6) is 1.04. The van der Waals surface area contributed by atoms with Crippen molar-refractivity contribution < 1.29 is 14.3 Å². The van der Waals surface area contributed by atoms with Gasteiger partial charge in [-0.2, -0.15) is 0 Å².